The first-order valence-corrected chi connectivity index (χ1v) is 13.4. The first kappa shape index (κ1) is 28.6. The highest BCUT2D eigenvalue weighted by molar-refractivity contribution is 6.25. The molecule has 1 amide bonds. The van der Waals surface area contributed by atoms with Crippen molar-refractivity contribution in [2.24, 2.45) is 11.8 Å². The molecule has 1 saturated carbocycles. The molecule has 0 heterocycles. The number of nitrogens with zero attached hydrogens (tertiary/aromatic N) is 2. The van der Waals surface area contributed by atoms with Crippen LogP contribution in [0.4, 0.5) is 5.69 Å². The van der Waals surface area contributed by atoms with Crippen molar-refractivity contribution >= 4 is 28.9 Å². The van der Waals surface area contributed by atoms with Crippen molar-refractivity contribution < 1.29 is 34.8 Å². The SMILES string of the molecule is CCCCCc1cc(N(C)C)c2c(c1O)C(O)=C1C(=O)[C@]3(O)C(O)=C(C(=O)NC)C(=O)[C@@H](N(C)C)[C@@H]3C[C@@H]1C2. The molecule has 0 unspecified atom stereocenters. The number of aromatic hydroxyl groups is 1. The predicted octanol–water partition coefficient (Wildman–Crippen LogP) is 2.02. The largest absolute Gasteiger partial charge is 0.508 e. The minimum atomic E-state index is -2.60. The number of aliphatic hydroxyl groups excluding tert-OH is 2. The number of carbonyl (C=O) groups excluding carboxylic acids is 3. The lowest BCUT2D eigenvalue weighted by atomic mass is 9.57. The Balaban J connectivity index is 1.95. The highest BCUT2D eigenvalue weighted by atomic mass is 16.3. The molecule has 5 N–H and O–H groups in total. The smallest absolute Gasteiger partial charge is 0.258 e. The van der Waals surface area contributed by atoms with E-state index in [9.17, 15) is 34.8 Å². The van der Waals surface area contributed by atoms with E-state index < -0.39 is 58.0 Å². The number of anilines is 1. The van der Waals surface area contributed by atoms with Crippen LogP contribution in [0, 0.1) is 11.8 Å². The first-order chi connectivity index (χ1) is 18.3. The number of carbonyl (C=O) groups is 3. The second kappa shape index (κ2) is 10.3. The number of Topliss-reactive ketones (excluding diaryl/α,β-unsaturated/α-hetero) is 2. The number of phenolic OH excluding ortho intramolecular Hbond substituents is 1. The normalized spacial score (nSPS) is 26.4. The molecule has 0 saturated heterocycles. The number of aliphatic hydroxyl groups is 3. The average molecular weight is 542 g/mol. The van der Waals surface area contributed by atoms with E-state index in [-0.39, 0.29) is 29.7 Å². The summed E-state index contributed by atoms with van der Waals surface area (Å²) in [6.45, 7) is 2.08. The standard InChI is InChI=1S/C29H39N3O7/c1-7-8-9-10-14-13-18(31(3)4)16-11-15-12-17-22(32(5)6)25(35)21(28(38)30-2)27(37)29(17,39)26(36)19(15)24(34)20(16)23(14)33/h13,15,17,22,33-34,37,39H,7-12H2,1-6H3,(H,30,38)/t15-,17-,22-,29-/m0/s1. The number of phenols is 1. The summed E-state index contributed by atoms with van der Waals surface area (Å²) < 4.78 is 0. The lowest BCUT2D eigenvalue weighted by Gasteiger charge is -2.50. The van der Waals surface area contributed by atoms with E-state index in [2.05, 4.69) is 12.2 Å². The Morgan fingerprint density at radius 2 is 1.79 bits per heavy atom. The molecular weight excluding hydrogens is 502 g/mol. The number of rotatable bonds is 7. The van der Waals surface area contributed by atoms with Crippen LogP contribution in [0.1, 0.15) is 49.3 Å². The van der Waals surface area contributed by atoms with Gasteiger partial charge in [-0.25, -0.2) is 0 Å². The van der Waals surface area contributed by atoms with Gasteiger partial charge < -0.3 is 30.6 Å². The second-order valence-electron chi connectivity index (χ2n) is 11.3. The molecule has 4 atom stereocenters. The summed E-state index contributed by atoms with van der Waals surface area (Å²) in [4.78, 5) is 43.5. The zero-order chi connectivity index (χ0) is 29.0. The summed E-state index contributed by atoms with van der Waals surface area (Å²) >= 11 is 0. The number of nitrogens with one attached hydrogen (secondary N) is 1. The highest BCUT2D eigenvalue weighted by Crippen LogP contribution is 2.54. The van der Waals surface area contributed by atoms with Crippen LogP contribution in [0.2, 0.25) is 0 Å². The van der Waals surface area contributed by atoms with Gasteiger partial charge >= 0.3 is 0 Å². The van der Waals surface area contributed by atoms with Crippen molar-refractivity contribution in [3.63, 3.8) is 0 Å². The van der Waals surface area contributed by atoms with Gasteiger partial charge in [-0.05, 0) is 62.9 Å². The van der Waals surface area contributed by atoms with Gasteiger partial charge in [0.15, 0.2) is 11.4 Å². The van der Waals surface area contributed by atoms with Gasteiger partial charge in [0.1, 0.15) is 22.8 Å². The number of amides is 1. The summed E-state index contributed by atoms with van der Waals surface area (Å²) in [6, 6.07) is 0.856. The minimum Gasteiger partial charge on any atom is -0.508 e. The molecule has 0 bridgehead atoms. The molecule has 3 aliphatic rings. The molecule has 0 spiro atoms. The summed E-state index contributed by atoms with van der Waals surface area (Å²) in [7, 11) is 8.24. The molecule has 10 nitrogen and oxygen atoms in total. The van der Waals surface area contributed by atoms with Crippen LogP contribution in [0.5, 0.6) is 5.75 Å². The van der Waals surface area contributed by atoms with Gasteiger partial charge in [0, 0.05) is 38.3 Å². The van der Waals surface area contributed by atoms with Gasteiger partial charge in [0.2, 0.25) is 5.78 Å². The van der Waals surface area contributed by atoms with Crippen molar-refractivity contribution in [2.45, 2.75) is 57.1 Å². The molecule has 10 heteroatoms. The molecule has 212 valence electrons. The Kier molecular flexibility index (Phi) is 7.57. The van der Waals surface area contributed by atoms with E-state index in [4.69, 9.17) is 0 Å². The van der Waals surface area contributed by atoms with Crippen molar-refractivity contribution in [2.75, 3.05) is 40.1 Å². The first-order valence-electron chi connectivity index (χ1n) is 13.4. The van der Waals surface area contributed by atoms with Gasteiger partial charge in [-0.2, -0.15) is 0 Å². The van der Waals surface area contributed by atoms with Crippen LogP contribution in [0.15, 0.2) is 23.0 Å². The number of hydrogen-bond donors (Lipinski definition) is 5. The van der Waals surface area contributed by atoms with Gasteiger partial charge in [-0.15, -0.1) is 0 Å². The summed E-state index contributed by atoms with van der Waals surface area (Å²) in [6.07, 6.45) is 3.78. The lowest BCUT2D eigenvalue weighted by molar-refractivity contribution is -0.153. The van der Waals surface area contributed by atoms with E-state index in [1.165, 1.54) is 11.9 Å². The minimum absolute atomic E-state index is 0.0899. The second-order valence-corrected chi connectivity index (χ2v) is 11.3. The van der Waals surface area contributed by atoms with Crippen molar-refractivity contribution in [3.8, 4) is 5.75 Å². The maximum atomic E-state index is 14.1. The van der Waals surface area contributed by atoms with Crippen molar-refractivity contribution in [1.82, 2.24) is 10.2 Å². The Morgan fingerprint density at radius 3 is 2.36 bits per heavy atom. The van der Waals surface area contributed by atoms with Gasteiger partial charge in [-0.1, -0.05) is 19.8 Å². The number of unbranched alkanes of at least 4 members (excludes halogenated alkanes) is 2. The fourth-order valence-electron chi connectivity index (χ4n) is 6.61. The van der Waals surface area contributed by atoms with Crippen LogP contribution >= 0.6 is 0 Å². The van der Waals surface area contributed by atoms with Gasteiger partial charge in [-0.3, -0.25) is 19.3 Å². The summed E-state index contributed by atoms with van der Waals surface area (Å²) in [5.41, 5.74) is -1.09. The number of benzene rings is 1. The number of likely N-dealkylation sites (N-methyl/N-ethyl adjacent to an activating group) is 2. The topological polar surface area (TPSA) is 151 Å². The number of ketones is 2. The van der Waals surface area contributed by atoms with Crippen LogP contribution in [-0.4, -0.2) is 89.7 Å². The fourth-order valence-corrected chi connectivity index (χ4v) is 6.61. The van der Waals surface area contributed by atoms with Gasteiger partial charge in [0.25, 0.3) is 5.91 Å². The number of hydrogen-bond acceptors (Lipinski definition) is 9. The number of fused-ring (bicyclic) bond motifs is 3. The molecule has 39 heavy (non-hydrogen) atoms. The predicted molar refractivity (Wildman–Crippen MR) is 147 cm³/mol. The maximum Gasteiger partial charge on any atom is 0.258 e. The van der Waals surface area contributed by atoms with E-state index in [1.54, 1.807) is 14.1 Å². The molecule has 1 aromatic rings. The molecule has 0 aliphatic heterocycles. The average Bonchev–Trinajstić information content (AvgIpc) is 2.87. The fraction of sp³-hybridized carbons (Fsp3) is 0.552. The van der Waals surface area contributed by atoms with Crippen LogP contribution in [0.25, 0.3) is 5.76 Å². The lowest BCUT2D eigenvalue weighted by Crippen LogP contribution is -2.65. The molecular formula is C29H39N3O7. The zero-order valence-electron chi connectivity index (χ0n) is 23.5. The molecule has 4 rings (SSSR count). The Morgan fingerprint density at radius 1 is 1.13 bits per heavy atom. The molecule has 0 aromatic heterocycles. The van der Waals surface area contributed by atoms with Crippen molar-refractivity contribution in [3.05, 3.63) is 39.7 Å². The quantitative estimate of drug-likeness (QED) is 0.258. The van der Waals surface area contributed by atoms with Crippen LogP contribution in [0.3, 0.4) is 0 Å². The molecule has 0 radical (unpaired) electrons. The third-order valence-corrected chi connectivity index (χ3v) is 8.52. The molecule has 1 fully saturated rings. The summed E-state index contributed by atoms with van der Waals surface area (Å²) in [5, 5.41) is 48.1. The van der Waals surface area contributed by atoms with Crippen molar-refractivity contribution in [1.29, 1.82) is 0 Å². The highest BCUT2D eigenvalue weighted by Gasteiger charge is 2.64. The van der Waals surface area contributed by atoms with E-state index in [1.807, 2.05) is 25.1 Å². The monoisotopic (exact) mass is 541 g/mol. The Labute approximate surface area is 228 Å². The molecule has 1 aromatic carbocycles. The van der Waals surface area contributed by atoms with E-state index >= 15 is 0 Å². The zero-order valence-corrected chi connectivity index (χ0v) is 23.5. The Bertz CT molecular complexity index is 1300. The van der Waals surface area contributed by atoms with Crippen LogP contribution < -0.4 is 10.2 Å². The third kappa shape index (κ3) is 4.21. The Hall–Kier alpha value is -3.37. The van der Waals surface area contributed by atoms with E-state index in [0.29, 0.717) is 17.5 Å². The molecule has 3 aliphatic carbocycles. The van der Waals surface area contributed by atoms with Crippen LogP contribution in [-0.2, 0) is 27.2 Å². The maximum absolute atomic E-state index is 14.1. The van der Waals surface area contributed by atoms with E-state index in [0.717, 1.165) is 24.9 Å². The summed E-state index contributed by atoms with van der Waals surface area (Å²) in [5.74, 6) is -5.75. The third-order valence-electron chi connectivity index (χ3n) is 8.52. The number of aryl methyl sites for hydroxylation is 1. The van der Waals surface area contributed by atoms with Gasteiger partial charge in [0.05, 0.1) is 11.6 Å².